The van der Waals surface area contributed by atoms with Crippen LogP contribution in [0.2, 0.25) is 0 Å². The Morgan fingerprint density at radius 1 is 1.32 bits per heavy atom. The third kappa shape index (κ3) is 6.13. The van der Waals surface area contributed by atoms with Gasteiger partial charge in [0.1, 0.15) is 5.38 Å². The molecule has 0 heterocycles. The molecular weight excluding hydrogens is 308 g/mol. The number of ether oxygens (including phenoxy) is 1. The number of nitrogens with one attached hydrogen (secondary N) is 2. The second kappa shape index (κ2) is 9.04. The van der Waals surface area contributed by atoms with Crippen molar-refractivity contribution in [2.24, 2.45) is 0 Å². The van der Waals surface area contributed by atoms with Crippen LogP contribution in [0.1, 0.15) is 30.6 Å². The van der Waals surface area contributed by atoms with Gasteiger partial charge >= 0.3 is 5.97 Å². The Morgan fingerprint density at radius 2 is 2.05 bits per heavy atom. The van der Waals surface area contributed by atoms with E-state index in [1.54, 1.807) is 32.0 Å². The molecule has 0 unspecified atom stereocenters. The Labute approximate surface area is 134 Å². The molecule has 6 nitrogen and oxygen atoms in total. The van der Waals surface area contributed by atoms with Gasteiger partial charge in [-0.3, -0.25) is 9.59 Å². The molecule has 0 aliphatic carbocycles. The summed E-state index contributed by atoms with van der Waals surface area (Å²) in [6.07, 6.45) is 0.110. The Hall–Kier alpha value is -2.08. The van der Waals surface area contributed by atoms with Gasteiger partial charge in [0.25, 0.3) is 0 Å². The molecule has 22 heavy (non-hydrogen) atoms. The van der Waals surface area contributed by atoms with Crippen molar-refractivity contribution in [2.75, 3.05) is 18.5 Å². The zero-order chi connectivity index (χ0) is 16.5. The summed E-state index contributed by atoms with van der Waals surface area (Å²) in [6.45, 7) is 3.75. The van der Waals surface area contributed by atoms with Crippen LogP contribution in [-0.4, -0.2) is 36.3 Å². The van der Waals surface area contributed by atoms with Crippen LogP contribution in [0.5, 0.6) is 0 Å². The van der Waals surface area contributed by atoms with Crippen molar-refractivity contribution in [3.05, 3.63) is 29.8 Å². The van der Waals surface area contributed by atoms with E-state index in [1.165, 1.54) is 6.07 Å². The first kappa shape index (κ1) is 18.0. The molecule has 0 fully saturated rings. The van der Waals surface area contributed by atoms with Gasteiger partial charge in [0.15, 0.2) is 0 Å². The molecule has 0 radical (unpaired) electrons. The number of esters is 1. The lowest BCUT2D eigenvalue weighted by atomic mass is 10.2. The lowest BCUT2D eigenvalue weighted by molar-refractivity contribution is -0.120. The van der Waals surface area contributed by atoms with Crippen molar-refractivity contribution in [1.29, 1.82) is 0 Å². The van der Waals surface area contributed by atoms with Crippen LogP contribution >= 0.6 is 11.6 Å². The molecule has 0 aliphatic rings. The van der Waals surface area contributed by atoms with Crippen LogP contribution in [0.4, 0.5) is 5.69 Å². The van der Waals surface area contributed by atoms with Crippen LogP contribution in [0.15, 0.2) is 24.3 Å². The standard InChI is InChI=1S/C15H19ClN2O4/c1-3-22-15(21)11-5-4-6-12(9-11)18-13(19)7-8-17-14(20)10(2)16/h4-6,9-10H,3,7-8H2,1-2H3,(H,17,20)(H,18,19)/t10-/m1/s1. The van der Waals surface area contributed by atoms with Gasteiger partial charge in [0, 0.05) is 18.7 Å². The second-order valence-electron chi connectivity index (χ2n) is 4.51. The third-order valence-corrected chi connectivity index (χ3v) is 2.87. The van der Waals surface area contributed by atoms with Crippen LogP contribution in [0.25, 0.3) is 0 Å². The smallest absolute Gasteiger partial charge is 0.338 e. The van der Waals surface area contributed by atoms with E-state index in [4.69, 9.17) is 16.3 Å². The molecule has 2 amide bonds. The maximum Gasteiger partial charge on any atom is 0.338 e. The van der Waals surface area contributed by atoms with Crippen molar-refractivity contribution in [3.63, 3.8) is 0 Å². The fourth-order valence-electron chi connectivity index (χ4n) is 1.60. The van der Waals surface area contributed by atoms with Crippen LogP contribution in [0.3, 0.4) is 0 Å². The number of alkyl halides is 1. The molecule has 1 atom stereocenters. The Kier molecular flexibility index (Phi) is 7.39. The van der Waals surface area contributed by atoms with Crippen molar-refractivity contribution < 1.29 is 19.1 Å². The molecule has 0 saturated carbocycles. The van der Waals surface area contributed by atoms with E-state index in [9.17, 15) is 14.4 Å². The zero-order valence-electron chi connectivity index (χ0n) is 12.5. The first-order chi connectivity index (χ1) is 10.4. The average molecular weight is 327 g/mol. The second-order valence-corrected chi connectivity index (χ2v) is 5.16. The van der Waals surface area contributed by atoms with E-state index in [-0.39, 0.29) is 31.4 Å². The van der Waals surface area contributed by atoms with Gasteiger partial charge in [0.05, 0.1) is 12.2 Å². The van der Waals surface area contributed by atoms with Gasteiger partial charge in [-0.25, -0.2) is 4.79 Å². The molecule has 7 heteroatoms. The maximum atomic E-state index is 11.8. The molecular formula is C15H19ClN2O4. The number of halogens is 1. The van der Waals surface area contributed by atoms with Crippen LogP contribution < -0.4 is 10.6 Å². The Morgan fingerprint density at radius 3 is 2.68 bits per heavy atom. The van der Waals surface area contributed by atoms with Gasteiger partial charge < -0.3 is 15.4 Å². The predicted molar refractivity (Wildman–Crippen MR) is 84.0 cm³/mol. The lowest BCUT2D eigenvalue weighted by Crippen LogP contribution is -2.32. The summed E-state index contributed by atoms with van der Waals surface area (Å²) >= 11 is 5.59. The van der Waals surface area contributed by atoms with Crippen molar-refractivity contribution >= 4 is 35.1 Å². The largest absolute Gasteiger partial charge is 0.462 e. The van der Waals surface area contributed by atoms with Gasteiger partial charge in [-0.15, -0.1) is 11.6 Å². The predicted octanol–water partition coefficient (Wildman–Crippen LogP) is 1.94. The number of rotatable bonds is 7. The van der Waals surface area contributed by atoms with Gasteiger partial charge in [-0.2, -0.15) is 0 Å². The highest BCUT2D eigenvalue weighted by Crippen LogP contribution is 2.12. The molecule has 0 bridgehead atoms. The first-order valence-electron chi connectivity index (χ1n) is 6.92. The van der Waals surface area contributed by atoms with E-state index < -0.39 is 11.3 Å². The number of carbonyl (C=O) groups excluding carboxylic acids is 3. The summed E-state index contributed by atoms with van der Waals surface area (Å²) < 4.78 is 4.89. The van der Waals surface area contributed by atoms with Crippen molar-refractivity contribution in [3.8, 4) is 0 Å². The first-order valence-corrected chi connectivity index (χ1v) is 7.36. The minimum Gasteiger partial charge on any atom is -0.462 e. The number of hydrogen-bond donors (Lipinski definition) is 2. The molecule has 0 spiro atoms. The van der Waals surface area contributed by atoms with Crippen molar-refractivity contribution in [2.45, 2.75) is 25.6 Å². The van der Waals surface area contributed by atoms with Gasteiger partial charge in [0.2, 0.25) is 11.8 Å². The summed E-state index contributed by atoms with van der Waals surface area (Å²) in [5.41, 5.74) is 0.858. The topological polar surface area (TPSA) is 84.5 Å². The molecule has 2 N–H and O–H groups in total. The van der Waals surface area contributed by atoms with E-state index in [0.717, 1.165) is 0 Å². The third-order valence-electron chi connectivity index (χ3n) is 2.67. The minimum absolute atomic E-state index is 0.110. The molecule has 0 aliphatic heterocycles. The molecule has 0 saturated heterocycles. The number of hydrogen-bond acceptors (Lipinski definition) is 4. The summed E-state index contributed by atoms with van der Waals surface area (Å²) in [4.78, 5) is 34.6. The lowest BCUT2D eigenvalue weighted by Gasteiger charge is -2.08. The molecule has 1 rings (SSSR count). The van der Waals surface area contributed by atoms with E-state index in [2.05, 4.69) is 10.6 Å². The maximum absolute atomic E-state index is 11.8. The summed E-state index contributed by atoms with van der Waals surface area (Å²) in [7, 11) is 0. The van der Waals surface area contributed by atoms with Crippen LogP contribution in [0, 0.1) is 0 Å². The van der Waals surface area contributed by atoms with Crippen LogP contribution in [-0.2, 0) is 14.3 Å². The Bertz CT molecular complexity index is 546. The Balaban J connectivity index is 2.49. The normalized spacial score (nSPS) is 11.4. The zero-order valence-corrected chi connectivity index (χ0v) is 13.3. The quantitative estimate of drug-likeness (QED) is 0.592. The molecule has 0 aromatic heterocycles. The average Bonchev–Trinajstić information content (AvgIpc) is 2.47. The molecule has 120 valence electrons. The van der Waals surface area contributed by atoms with Gasteiger partial charge in [-0.05, 0) is 32.0 Å². The monoisotopic (exact) mass is 326 g/mol. The van der Waals surface area contributed by atoms with E-state index in [1.807, 2.05) is 0 Å². The SMILES string of the molecule is CCOC(=O)c1cccc(NC(=O)CCNC(=O)[C@@H](C)Cl)c1. The number of benzene rings is 1. The fraction of sp³-hybridized carbons (Fsp3) is 0.400. The summed E-state index contributed by atoms with van der Waals surface area (Å²) in [6, 6.07) is 6.46. The highest BCUT2D eigenvalue weighted by atomic mass is 35.5. The number of amides is 2. The van der Waals surface area contributed by atoms with Gasteiger partial charge in [-0.1, -0.05) is 6.07 Å². The highest BCUT2D eigenvalue weighted by Gasteiger charge is 2.10. The van der Waals surface area contributed by atoms with Crippen molar-refractivity contribution in [1.82, 2.24) is 5.32 Å². The summed E-state index contributed by atoms with van der Waals surface area (Å²) in [5, 5.41) is 4.56. The highest BCUT2D eigenvalue weighted by molar-refractivity contribution is 6.30. The number of anilines is 1. The number of carbonyl (C=O) groups is 3. The summed E-state index contributed by atoms with van der Waals surface area (Å²) in [5.74, 6) is -1.04. The van der Waals surface area contributed by atoms with E-state index in [0.29, 0.717) is 11.3 Å². The van der Waals surface area contributed by atoms with E-state index >= 15 is 0 Å². The minimum atomic E-state index is -0.635. The molecule has 1 aromatic rings. The molecule has 1 aromatic carbocycles. The fourth-order valence-corrected chi connectivity index (χ4v) is 1.68.